The third kappa shape index (κ3) is 6.68. The molecule has 2 aliphatic rings. The van der Waals surface area contributed by atoms with Crippen molar-refractivity contribution in [2.75, 3.05) is 39.3 Å². The summed E-state index contributed by atoms with van der Waals surface area (Å²) in [6.07, 6.45) is 5.49. The summed E-state index contributed by atoms with van der Waals surface area (Å²) in [7, 11) is 0. The Kier molecular flexibility index (Phi) is 8.57. The Morgan fingerprint density at radius 3 is 2.00 bits per heavy atom. The molecule has 0 aromatic rings. The molecule has 1 saturated carbocycles. The van der Waals surface area contributed by atoms with Crippen LogP contribution in [0.3, 0.4) is 0 Å². The van der Waals surface area contributed by atoms with Crippen molar-refractivity contribution in [1.29, 1.82) is 0 Å². The molecule has 0 bridgehead atoms. The average molecular weight is 271 g/mol. The zero-order valence-corrected chi connectivity index (χ0v) is 12.5. The predicted molar refractivity (Wildman–Crippen MR) is 81.6 cm³/mol. The summed E-state index contributed by atoms with van der Waals surface area (Å²) in [6.45, 7) is 8.11. The fourth-order valence-electron chi connectivity index (χ4n) is 2.92. The Morgan fingerprint density at radius 1 is 1.11 bits per heavy atom. The third-order valence-electron chi connectivity index (χ3n) is 4.29. The van der Waals surface area contributed by atoms with Crippen molar-refractivity contribution in [3.05, 3.63) is 0 Å². The maximum Gasteiger partial charge on any atom is 0.0543 e. The summed E-state index contributed by atoms with van der Waals surface area (Å²) in [5.41, 5.74) is 16.8. The van der Waals surface area contributed by atoms with Crippen LogP contribution in [0.25, 0.3) is 0 Å². The fourth-order valence-corrected chi connectivity index (χ4v) is 2.92. The molecule has 1 heterocycles. The summed E-state index contributed by atoms with van der Waals surface area (Å²) in [4.78, 5) is 2.27. The molecule has 0 aromatic heterocycles. The molecule has 3 unspecified atom stereocenters. The van der Waals surface area contributed by atoms with Gasteiger partial charge < -0.3 is 22.5 Å². The molecule has 2 fully saturated rings. The molecule has 0 radical (unpaired) electrons. The Hall–Kier alpha value is -0.200. The van der Waals surface area contributed by atoms with Crippen LogP contribution in [-0.2, 0) is 0 Å². The predicted octanol–water partition coefficient (Wildman–Crippen LogP) is -0.0935. The van der Waals surface area contributed by atoms with Crippen molar-refractivity contribution in [3.63, 3.8) is 0 Å². The van der Waals surface area contributed by atoms with Gasteiger partial charge in [-0.1, -0.05) is 6.42 Å². The molecule has 19 heavy (non-hydrogen) atoms. The van der Waals surface area contributed by atoms with E-state index >= 15 is 0 Å². The molecule has 114 valence electrons. The minimum absolute atomic E-state index is 0.229. The van der Waals surface area contributed by atoms with Crippen molar-refractivity contribution in [2.24, 2.45) is 29.0 Å². The first-order valence-corrected chi connectivity index (χ1v) is 7.77. The Bertz CT molecular complexity index is 206. The Labute approximate surface area is 118 Å². The van der Waals surface area contributed by atoms with E-state index in [4.69, 9.17) is 17.2 Å². The highest BCUT2D eigenvalue weighted by Gasteiger charge is 2.19. The van der Waals surface area contributed by atoms with Crippen LogP contribution < -0.4 is 22.5 Å². The lowest BCUT2D eigenvalue weighted by Gasteiger charge is -2.30. The van der Waals surface area contributed by atoms with Crippen LogP contribution in [0.4, 0.5) is 0 Å². The highest BCUT2D eigenvalue weighted by Crippen LogP contribution is 2.27. The molecule has 1 aliphatic carbocycles. The number of nitrogens with one attached hydrogen (secondary N) is 1. The molecule has 5 nitrogen and oxygen atoms in total. The van der Waals surface area contributed by atoms with Crippen molar-refractivity contribution in [3.8, 4) is 0 Å². The molecule has 3 atom stereocenters. The summed E-state index contributed by atoms with van der Waals surface area (Å²) in [5.74, 6) is 1.53. The topological polar surface area (TPSA) is 93.3 Å². The van der Waals surface area contributed by atoms with Gasteiger partial charge in [-0.2, -0.15) is 0 Å². The van der Waals surface area contributed by atoms with Crippen LogP contribution in [0.2, 0.25) is 0 Å². The molecular formula is C14H33N5. The number of hydrogen-bond acceptors (Lipinski definition) is 5. The zero-order valence-electron chi connectivity index (χ0n) is 12.5. The lowest BCUT2D eigenvalue weighted by atomic mass is 9.81. The SMILES string of the molecule is CC(N)N1CCNCC1.NCC1CCCC(CN)C1. The van der Waals surface area contributed by atoms with Crippen LogP contribution in [0.15, 0.2) is 0 Å². The number of hydrogen-bond donors (Lipinski definition) is 4. The second-order valence-corrected chi connectivity index (χ2v) is 5.90. The van der Waals surface area contributed by atoms with Gasteiger partial charge in [0.1, 0.15) is 0 Å². The Balaban J connectivity index is 0.000000191. The second kappa shape index (κ2) is 9.66. The number of nitrogens with zero attached hydrogens (tertiary/aromatic N) is 1. The van der Waals surface area contributed by atoms with Gasteiger partial charge in [0.2, 0.25) is 0 Å². The Morgan fingerprint density at radius 2 is 1.63 bits per heavy atom. The van der Waals surface area contributed by atoms with Gasteiger partial charge in [-0.25, -0.2) is 0 Å². The molecule has 2 rings (SSSR count). The molecule has 0 aromatic carbocycles. The first kappa shape index (κ1) is 16.9. The number of nitrogens with two attached hydrogens (primary N) is 3. The van der Waals surface area contributed by atoms with Gasteiger partial charge in [0.25, 0.3) is 0 Å². The average Bonchev–Trinajstić information content (AvgIpc) is 2.48. The normalized spacial score (nSPS) is 30.3. The van der Waals surface area contributed by atoms with Gasteiger partial charge >= 0.3 is 0 Å². The molecule has 5 heteroatoms. The maximum atomic E-state index is 5.67. The van der Waals surface area contributed by atoms with Crippen LogP contribution in [0.1, 0.15) is 32.6 Å². The number of rotatable bonds is 3. The molecule has 7 N–H and O–H groups in total. The largest absolute Gasteiger partial charge is 0.330 e. The summed E-state index contributed by atoms with van der Waals surface area (Å²) in [5, 5.41) is 3.27. The highest BCUT2D eigenvalue weighted by atomic mass is 15.2. The summed E-state index contributed by atoms with van der Waals surface area (Å²) >= 11 is 0. The smallest absolute Gasteiger partial charge is 0.0543 e. The van der Waals surface area contributed by atoms with Crippen molar-refractivity contribution >= 4 is 0 Å². The minimum atomic E-state index is 0.229. The molecule has 1 saturated heterocycles. The van der Waals surface area contributed by atoms with E-state index < -0.39 is 0 Å². The first-order chi connectivity index (χ1) is 9.17. The van der Waals surface area contributed by atoms with E-state index in [1.165, 1.54) is 25.7 Å². The van der Waals surface area contributed by atoms with Crippen LogP contribution in [-0.4, -0.2) is 50.3 Å². The first-order valence-electron chi connectivity index (χ1n) is 7.77. The van der Waals surface area contributed by atoms with Gasteiger partial charge in [0.15, 0.2) is 0 Å². The van der Waals surface area contributed by atoms with Crippen LogP contribution in [0.5, 0.6) is 0 Å². The van der Waals surface area contributed by atoms with Gasteiger partial charge in [-0.05, 0) is 51.1 Å². The lowest BCUT2D eigenvalue weighted by molar-refractivity contribution is 0.188. The molecule has 0 spiro atoms. The lowest BCUT2D eigenvalue weighted by Crippen LogP contribution is -2.50. The van der Waals surface area contributed by atoms with E-state index in [-0.39, 0.29) is 6.17 Å². The standard InChI is InChI=1S/C8H18N2.C6H15N3/c9-5-7-2-1-3-8(4-7)6-10;1-6(7)9-4-2-8-3-5-9/h7-8H,1-6,9-10H2;6,8H,2-5,7H2,1H3. The van der Waals surface area contributed by atoms with Crippen molar-refractivity contribution < 1.29 is 0 Å². The minimum Gasteiger partial charge on any atom is -0.330 e. The van der Waals surface area contributed by atoms with Crippen molar-refractivity contribution in [2.45, 2.75) is 38.8 Å². The monoisotopic (exact) mass is 271 g/mol. The van der Waals surface area contributed by atoms with E-state index in [0.717, 1.165) is 51.1 Å². The fraction of sp³-hybridized carbons (Fsp3) is 1.00. The molecular weight excluding hydrogens is 238 g/mol. The molecule has 1 aliphatic heterocycles. The second-order valence-electron chi connectivity index (χ2n) is 5.90. The van der Waals surface area contributed by atoms with E-state index in [9.17, 15) is 0 Å². The third-order valence-corrected chi connectivity index (χ3v) is 4.29. The van der Waals surface area contributed by atoms with E-state index in [0.29, 0.717) is 0 Å². The summed E-state index contributed by atoms with van der Waals surface area (Å²) in [6, 6.07) is 0. The zero-order chi connectivity index (χ0) is 14.1. The summed E-state index contributed by atoms with van der Waals surface area (Å²) < 4.78 is 0. The van der Waals surface area contributed by atoms with Gasteiger partial charge in [-0.3, -0.25) is 4.90 Å². The van der Waals surface area contributed by atoms with Crippen LogP contribution >= 0.6 is 0 Å². The van der Waals surface area contributed by atoms with Crippen molar-refractivity contribution in [1.82, 2.24) is 10.2 Å². The van der Waals surface area contributed by atoms with Gasteiger partial charge in [0.05, 0.1) is 6.17 Å². The van der Waals surface area contributed by atoms with Gasteiger partial charge in [0, 0.05) is 26.2 Å². The van der Waals surface area contributed by atoms with E-state index in [1.807, 2.05) is 6.92 Å². The quantitative estimate of drug-likeness (QED) is 0.575. The van der Waals surface area contributed by atoms with Gasteiger partial charge in [-0.15, -0.1) is 0 Å². The van der Waals surface area contributed by atoms with E-state index in [2.05, 4.69) is 10.2 Å². The number of piperazine rings is 1. The molecule has 0 amide bonds. The van der Waals surface area contributed by atoms with E-state index in [1.54, 1.807) is 0 Å². The highest BCUT2D eigenvalue weighted by molar-refractivity contribution is 4.73. The van der Waals surface area contributed by atoms with Crippen LogP contribution in [0, 0.1) is 11.8 Å². The maximum absolute atomic E-state index is 5.67.